The van der Waals surface area contributed by atoms with Crippen LogP contribution in [0.4, 0.5) is 5.13 Å². The monoisotopic (exact) mass is 197 g/mol. The number of aromatic nitrogens is 1. The summed E-state index contributed by atoms with van der Waals surface area (Å²) in [4.78, 5) is 6.48. The predicted molar refractivity (Wildman–Crippen MR) is 56.1 cm³/mol. The van der Waals surface area contributed by atoms with Crippen molar-refractivity contribution in [3.63, 3.8) is 0 Å². The normalized spacial score (nSPS) is 26.9. The Hall–Kier alpha value is -0.610. The molecule has 0 saturated heterocycles. The molecule has 0 aromatic carbocycles. The molecular weight excluding hydrogens is 182 g/mol. The molecule has 4 heteroatoms. The second kappa shape index (κ2) is 3.64. The zero-order valence-electron chi connectivity index (χ0n) is 7.81. The molecule has 1 heterocycles. The molecule has 1 aliphatic carbocycles. The van der Waals surface area contributed by atoms with E-state index in [-0.39, 0.29) is 0 Å². The van der Waals surface area contributed by atoms with Gasteiger partial charge in [0.2, 0.25) is 0 Å². The molecule has 0 radical (unpaired) electrons. The van der Waals surface area contributed by atoms with Gasteiger partial charge >= 0.3 is 0 Å². The highest BCUT2D eigenvalue weighted by Crippen LogP contribution is 2.28. The van der Waals surface area contributed by atoms with E-state index in [1.165, 1.54) is 12.8 Å². The molecule has 2 rings (SSSR count). The van der Waals surface area contributed by atoms with Crippen molar-refractivity contribution in [1.82, 2.24) is 4.98 Å². The molecule has 1 fully saturated rings. The van der Waals surface area contributed by atoms with Crippen molar-refractivity contribution < 1.29 is 0 Å². The maximum Gasteiger partial charge on any atom is 0.184 e. The van der Waals surface area contributed by atoms with Gasteiger partial charge in [-0.25, -0.2) is 4.98 Å². The van der Waals surface area contributed by atoms with E-state index < -0.39 is 0 Å². The van der Waals surface area contributed by atoms with Crippen LogP contribution in [-0.4, -0.2) is 24.6 Å². The van der Waals surface area contributed by atoms with E-state index in [1.807, 2.05) is 11.6 Å². The van der Waals surface area contributed by atoms with Gasteiger partial charge in [-0.3, -0.25) is 0 Å². The molecule has 0 bridgehead atoms. The van der Waals surface area contributed by atoms with Crippen LogP contribution in [0.2, 0.25) is 0 Å². The van der Waals surface area contributed by atoms with Gasteiger partial charge < -0.3 is 10.6 Å². The van der Waals surface area contributed by atoms with Gasteiger partial charge in [-0.2, -0.15) is 0 Å². The molecule has 0 spiro atoms. The summed E-state index contributed by atoms with van der Waals surface area (Å²) in [5, 5.41) is 3.12. The molecule has 1 aromatic rings. The summed E-state index contributed by atoms with van der Waals surface area (Å²) in [6, 6.07) is 0.453. The summed E-state index contributed by atoms with van der Waals surface area (Å²) in [5.41, 5.74) is 5.73. The Morgan fingerprint density at radius 3 is 3.00 bits per heavy atom. The number of thiazole rings is 1. The van der Waals surface area contributed by atoms with E-state index >= 15 is 0 Å². The standard InChI is InChI=1S/C9H15N3S/c1-12(9-11-2-3-13-9)6-7-4-8(10)5-7/h2-3,7-8H,4-6,10H2,1H3. The Balaban J connectivity index is 1.82. The Morgan fingerprint density at radius 1 is 1.69 bits per heavy atom. The first-order valence-electron chi connectivity index (χ1n) is 4.62. The second-order valence-corrected chi connectivity index (χ2v) is 4.67. The van der Waals surface area contributed by atoms with Crippen LogP contribution in [0.3, 0.4) is 0 Å². The van der Waals surface area contributed by atoms with Gasteiger partial charge in [0.15, 0.2) is 5.13 Å². The molecule has 0 unspecified atom stereocenters. The average molecular weight is 197 g/mol. The smallest absolute Gasteiger partial charge is 0.184 e. The molecule has 0 amide bonds. The van der Waals surface area contributed by atoms with Crippen LogP contribution in [0.5, 0.6) is 0 Å². The van der Waals surface area contributed by atoms with E-state index in [0.29, 0.717) is 6.04 Å². The highest BCUT2D eigenvalue weighted by molar-refractivity contribution is 7.13. The topological polar surface area (TPSA) is 42.1 Å². The van der Waals surface area contributed by atoms with Crippen molar-refractivity contribution in [3.8, 4) is 0 Å². The minimum Gasteiger partial charge on any atom is -0.351 e. The van der Waals surface area contributed by atoms with Crippen LogP contribution in [-0.2, 0) is 0 Å². The first-order valence-corrected chi connectivity index (χ1v) is 5.50. The molecule has 2 N–H and O–H groups in total. The fourth-order valence-electron chi connectivity index (χ4n) is 1.81. The van der Waals surface area contributed by atoms with Gasteiger partial charge in [0.25, 0.3) is 0 Å². The summed E-state index contributed by atoms with van der Waals surface area (Å²) >= 11 is 1.69. The highest BCUT2D eigenvalue weighted by Gasteiger charge is 2.27. The van der Waals surface area contributed by atoms with Gasteiger partial charge in [0, 0.05) is 31.2 Å². The lowest BCUT2D eigenvalue weighted by molar-refractivity contribution is 0.271. The van der Waals surface area contributed by atoms with Gasteiger partial charge in [-0.05, 0) is 18.8 Å². The largest absolute Gasteiger partial charge is 0.351 e. The SMILES string of the molecule is CN(CC1CC(N)C1)c1nccs1. The quantitative estimate of drug-likeness (QED) is 0.794. The van der Waals surface area contributed by atoms with E-state index in [2.05, 4.69) is 16.9 Å². The van der Waals surface area contributed by atoms with E-state index in [0.717, 1.165) is 17.6 Å². The maximum atomic E-state index is 5.73. The van der Waals surface area contributed by atoms with Crippen LogP contribution >= 0.6 is 11.3 Å². The number of rotatable bonds is 3. The van der Waals surface area contributed by atoms with E-state index in [9.17, 15) is 0 Å². The van der Waals surface area contributed by atoms with Gasteiger partial charge in [0.1, 0.15) is 0 Å². The third-order valence-electron chi connectivity index (χ3n) is 2.55. The fraction of sp³-hybridized carbons (Fsp3) is 0.667. The summed E-state index contributed by atoms with van der Waals surface area (Å²) in [7, 11) is 2.10. The lowest BCUT2D eigenvalue weighted by atomic mass is 9.81. The van der Waals surface area contributed by atoms with E-state index in [1.54, 1.807) is 11.3 Å². The first-order chi connectivity index (χ1) is 6.25. The minimum atomic E-state index is 0.453. The third-order valence-corrected chi connectivity index (χ3v) is 3.44. The number of hydrogen-bond acceptors (Lipinski definition) is 4. The third kappa shape index (κ3) is 2.00. The van der Waals surface area contributed by atoms with Crippen LogP contribution in [0.25, 0.3) is 0 Å². The Labute approximate surface area is 82.6 Å². The van der Waals surface area contributed by atoms with Gasteiger partial charge in [-0.1, -0.05) is 0 Å². The minimum absolute atomic E-state index is 0.453. The molecule has 0 aliphatic heterocycles. The maximum absolute atomic E-state index is 5.73. The molecule has 72 valence electrons. The van der Waals surface area contributed by atoms with Gasteiger partial charge in [0.05, 0.1) is 0 Å². The molecule has 13 heavy (non-hydrogen) atoms. The van der Waals surface area contributed by atoms with Crippen LogP contribution in [0, 0.1) is 5.92 Å². The first kappa shape index (κ1) is 8.97. The molecule has 1 aliphatic rings. The van der Waals surface area contributed by atoms with Gasteiger partial charge in [-0.15, -0.1) is 11.3 Å². The number of nitrogens with zero attached hydrogens (tertiary/aromatic N) is 2. The lowest BCUT2D eigenvalue weighted by Gasteiger charge is -2.35. The lowest BCUT2D eigenvalue weighted by Crippen LogP contribution is -2.41. The fourth-order valence-corrected chi connectivity index (χ4v) is 2.43. The van der Waals surface area contributed by atoms with Crippen molar-refractivity contribution in [2.75, 3.05) is 18.5 Å². The molecule has 1 aromatic heterocycles. The van der Waals surface area contributed by atoms with Crippen molar-refractivity contribution in [3.05, 3.63) is 11.6 Å². The van der Waals surface area contributed by atoms with Crippen molar-refractivity contribution in [2.45, 2.75) is 18.9 Å². The molecule has 3 nitrogen and oxygen atoms in total. The summed E-state index contributed by atoms with van der Waals surface area (Å²) in [5.74, 6) is 0.781. The summed E-state index contributed by atoms with van der Waals surface area (Å²) in [6.07, 6.45) is 4.20. The second-order valence-electron chi connectivity index (χ2n) is 3.79. The van der Waals surface area contributed by atoms with Crippen molar-refractivity contribution >= 4 is 16.5 Å². The van der Waals surface area contributed by atoms with Crippen molar-refractivity contribution in [1.29, 1.82) is 0 Å². The number of nitrogens with two attached hydrogens (primary N) is 1. The number of anilines is 1. The summed E-state index contributed by atoms with van der Waals surface area (Å²) < 4.78 is 0. The molecular formula is C9H15N3S. The zero-order valence-corrected chi connectivity index (χ0v) is 8.63. The Kier molecular flexibility index (Phi) is 2.51. The highest BCUT2D eigenvalue weighted by atomic mass is 32.1. The Morgan fingerprint density at radius 2 is 2.46 bits per heavy atom. The van der Waals surface area contributed by atoms with Crippen LogP contribution in [0.1, 0.15) is 12.8 Å². The predicted octanol–water partition coefficient (Wildman–Crippen LogP) is 1.32. The van der Waals surface area contributed by atoms with Crippen LogP contribution in [0.15, 0.2) is 11.6 Å². The van der Waals surface area contributed by atoms with Crippen LogP contribution < -0.4 is 10.6 Å². The molecule has 0 atom stereocenters. The molecule has 1 saturated carbocycles. The summed E-state index contributed by atoms with van der Waals surface area (Å²) in [6.45, 7) is 1.10. The van der Waals surface area contributed by atoms with E-state index in [4.69, 9.17) is 5.73 Å². The Bertz CT molecular complexity index is 254. The van der Waals surface area contributed by atoms with Crippen molar-refractivity contribution in [2.24, 2.45) is 11.7 Å². The average Bonchev–Trinajstić information content (AvgIpc) is 2.53. The zero-order chi connectivity index (χ0) is 9.26. The number of hydrogen-bond donors (Lipinski definition) is 1.